The van der Waals surface area contributed by atoms with Gasteiger partial charge in [0.15, 0.2) is 0 Å². The fraction of sp³-hybridized carbons (Fsp3) is 0.909. The van der Waals surface area contributed by atoms with Gasteiger partial charge in [-0.2, -0.15) is 0 Å². The molecule has 1 N–H and O–H groups in total. The van der Waals surface area contributed by atoms with Crippen LogP contribution in [0.15, 0.2) is 0 Å². The van der Waals surface area contributed by atoms with E-state index in [-0.39, 0.29) is 11.9 Å². The summed E-state index contributed by atoms with van der Waals surface area (Å²) < 4.78 is 4.82. The normalized spacial score (nSPS) is 24.1. The van der Waals surface area contributed by atoms with Crippen molar-refractivity contribution >= 4 is 5.97 Å². The summed E-state index contributed by atoms with van der Waals surface area (Å²) in [6.07, 6.45) is 6.29. The first-order valence-corrected chi connectivity index (χ1v) is 5.62. The summed E-state index contributed by atoms with van der Waals surface area (Å²) in [7, 11) is 1.49. The van der Waals surface area contributed by atoms with E-state index < -0.39 is 0 Å². The second kappa shape index (κ2) is 4.30. The fourth-order valence-electron chi connectivity index (χ4n) is 2.00. The summed E-state index contributed by atoms with van der Waals surface area (Å²) in [5.41, 5.74) is 0. The number of carbonyl (C=O) groups excluding carboxylic acids is 1. The van der Waals surface area contributed by atoms with E-state index in [1.54, 1.807) is 0 Å². The van der Waals surface area contributed by atoms with Crippen LogP contribution in [0.1, 0.15) is 32.1 Å². The van der Waals surface area contributed by atoms with Crippen molar-refractivity contribution in [3.63, 3.8) is 0 Å². The van der Waals surface area contributed by atoms with Crippen molar-refractivity contribution in [1.29, 1.82) is 0 Å². The highest BCUT2D eigenvalue weighted by Crippen LogP contribution is 2.37. The molecular formula is C11H19NO2. The molecule has 0 amide bonds. The molecule has 2 fully saturated rings. The largest absolute Gasteiger partial charge is 0.469 e. The number of hydrogen-bond donors (Lipinski definition) is 1. The van der Waals surface area contributed by atoms with Crippen molar-refractivity contribution < 1.29 is 9.53 Å². The van der Waals surface area contributed by atoms with Gasteiger partial charge in [-0.15, -0.1) is 0 Å². The van der Waals surface area contributed by atoms with E-state index in [0.29, 0.717) is 12.0 Å². The van der Waals surface area contributed by atoms with Gasteiger partial charge in [0.2, 0.25) is 0 Å². The molecular weight excluding hydrogens is 178 g/mol. The molecule has 0 aromatic heterocycles. The predicted molar refractivity (Wildman–Crippen MR) is 53.9 cm³/mol. The second-order valence-electron chi connectivity index (χ2n) is 4.50. The number of hydrogen-bond acceptors (Lipinski definition) is 3. The minimum absolute atomic E-state index is 0.0284. The van der Waals surface area contributed by atoms with Gasteiger partial charge in [-0.05, 0) is 31.6 Å². The Morgan fingerprint density at radius 2 is 2.14 bits per heavy atom. The Kier molecular flexibility index (Phi) is 3.06. The van der Waals surface area contributed by atoms with Gasteiger partial charge in [0, 0.05) is 12.6 Å². The molecule has 0 heterocycles. The molecule has 0 saturated heterocycles. The van der Waals surface area contributed by atoms with E-state index in [2.05, 4.69) is 5.32 Å². The lowest BCUT2D eigenvalue weighted by Crippen LogP contribution is -2.40. The molecule has 3 heteroatoms. The molecule has 2 saturated carbocycles. The first-order valence-electron chi connectivity index (χ1n) is 5.62. The van der Waals surface area contributed by atoms with Crippen LogP contribution in [-0.2, 0) is 9.53 Å². The van der Waals surface area contributed by atoms with Crippen LogP contribution in [-0.4, -0.2) is 25.7 Å². The van der Waals surface area contributed by atoms with Crippen molar-refractivity contribution in [2.24, 2.45) is 11.8 Å². The number of ether oxygens (including phenoxy) is 1. The second-order valence-corrected chi connectivity index (χ2v) is 4.50. The van der Waals surface area contributed by atoms with Crippen molar-refractivity contribution in [3.05, 3.63) is 0 Å². The van der Waals surface area contributed by atoms with Crippen LogP contribution in [0, 0.1) is 11.8 Å². The minimum atomic E-state index is -0.0284. The Balaban J connectivity index is 1.74. The highest BCUT2D eigenvalue weighted by atomic mass is 16.5. The summed E-state index contributed by atoms with van der Waals surface area (Å²) in [5.74, 6) is 0.676. The summed E-state index contributed by atoms with van der Waals surface area (Å²) in [5, 5.41) is 3.45. The van der Waals surface area contributed by atoms with Gasteiger partial charge in [0.25, 0.3) is 0 Å². The molecule has 1 unspecified atom stereocenters. The van der Waals surface area contributed by atoms with Crippen molar-refractivity contribution in [3.8, 4) is 0 Å². The van der Waals surface area contributed by atoms with Crippen molar-refractivity contribution in [2.45, 2.75) is 38.1 Å². The first kappa shape index (κ1) is 9.97. The van der Waals surface area contributed by atoms with Crippen LogP contribution in [0.2, 0.25) is 0 Å². The third-order valence-corrected chi connectivity index (χ3v) is 3.43. The minimum Gasteiger partial charge on any atom is -0.469 e. The molecule has 2 aliphatic carbocycles. The number of nitrogens with one attached hydrogen (secondary N) is 1. The van der Waals surface area contributed by atoms with Gasteiger partial charge < -0.3 is 10.1 Å². The summed E-state index contributed by atoms with van der Waals surface area (Å²) in [6, 6.07) is 0.668. The van der Waals surface area contributed by atoms with E-state index in [1.807, 2.05) is 0 Å². The molecule has 1 atom stereocenters. The Morgan fingerprint density at radius 1 is 1.43 bits per heavy atom. The zero-order chi connectivity index (χ0) is 9.97. The average molecular weight is 197 g/mol. The molecule has 0 radical (unpaired) electrons. The van der Waals surface area contributed by atoms with E-state index in [0.717, 1.165) is 6.54 Å². The van der Waals surface area contributed by atoms with E-state index >= 15 is 0 Å². The zero-order valence-corrected chi connectivity index (χ0v) is 8.79. The maximum absolute atomic E-state index is 11.5. The SMILES string of the molecule is COC(=O)C(CNC1CCC1)C1CC1. The molecule has 0 aliphatic heterocycles. The van der Waals surface area contributed by atoms with E-state index in [4.69, 9.17) is 4.74 Å². The predicted octanol–water partition coefficient (Wildman–Crippen LogP) is 1.33. The average Bonchev–Trinajstić information content (AvgIpc) is 2.91. The summed E-state index contributed by atoms with van der Waals surface area (Å²) >= 11 is 0. The van der Waals surface area contributed by atoms with Gasteiger partial charge >= 0.3 is 5.97 Å². The monoisotopic (exact) mass is 197 g/mol. The number of carbonyl (C=O) groups is 1. The lowest BCUT2D eigenvalue weighted by atomic mass is 9.92. The Labute approximate surface area is 85.2 Å². The Bertz CT molecular complexity index is 209. The van der Waals surface area contributed by atoms with Crippen molar-refractivity contribution in [2.75, 3.05) is 13.7 Å². The number of esters is 1. The van der Waals surface area contributed by atoms with Crippen LogP contribution in [0.25, 0.3) is 0 Å². The highest BCUT2D eigenvalue weighted by molar-refractivity contribution is 5.73. The maximum Gasteiger partial charge on any atom is 0.310 e. The van der Waals surface area contributed by atoms with Gasteiger partial charge in [0.1, 0.15) is 0 Å². The van der Waals surface area contributed by atoms with Crippen LogP contribution in [0.3, 0.4) is 0 Å². The maximum atomic E-state index is 11.5. The lowest BCUT2D eigenvalue weighted by Gasteiger charge is -2.28. The van der Waals surface area contributed by atoms with E-state index in [1.165, 1.54) is 39.2 Å². The summed E-state index contributed by atoms with van der Waals surface area (Å²) in [4.78, 5) is 11.5. The van der Waals surface area contributed by atoms with Crippen LogP contribution >= 0.6 is 0 Å². The molecule has 2 aliphatic rings. The Hall–Kier alpha value is -0.570. The molecule has 80 valence electrons. The van der Waals surface area contributed by atoms with E-state index in [9.17, 15) is 4.79 Å². The molecule has 3 nitrogen and oxygen atoms in total. The molecule has 0 bridgehead atoms. The molecule has 14 heavy (non-hydrogen) atoms. The molecule has 0 aromatic rings. The van der Waals surface area contributed by atoms with Gasteiger partial charge in [0.05, 0.1) is 13.0 Å². The van der Waals surface area contributed by atoms with Crippen LogP contribution in [0.4, 0.5) is 0 Å². The lowest BCUT2D eigenvalue weighted by molar-refractivity contribution is -0.146. The van der Waals surface area contributed by atoms with Gasteiger partial charge in [-0.25, -0.2) is 0 Å². The third kappa shape index (κ3) is 2.27. The first-order chi connectivity index (χ1) is 6.81. The number of rotatable bonds is 5. The molecule has 2 rings (SSSR count). The quantitative estimate of drug-likeness (QED) is 0.676. The number of methoxy groups -OCH3 is 1. The summed E-state index contributed by atoms with van der Waals surface area (Å²) in [6.45, 7) is 0.821. The van der Waals surface area contributed by atoms with Crippen LogP contribution < -0.4 is 5.32 Å². The van der Waals surface area contributed by atoms with Crippen molar-refractivity contribution in [1.82, 2.24) is 5.32 Å². The molecule has 0 aromatic carbocycles. The smallest absolute Gasteiger partial charge is 0.310 e. The topological polar surface area (TPSA) is 38.3 Å². The highest BCUT2D eigenvalue weighted by Gasteiger charge is 2.37. The fourth-order valence-corrected chi connectivity index (χ4v) is 2.00. The zero-order valence-electron chi connectivity index (χ0n) is 8.79. The Morgan fingerprint density at radius 3 is 2.57 bits per heavy atom. The third-order valence-electron chi connectivity index (χ3n) is 3.43. The van der Waals surface area contributed by atoms with Crippen LogP contribution in [0.5, 0.6) is 0 Å². The van der Waals surface area contributed by atoms with Gasteiger partial charge in [-0.1, -0.05) is 6.42 Å². The standard InChI is InChI=1S/C11H19NO2/c1-14-11(13)10(8-5-6-8)7-12-9-3-2-4-9/h8-10,12H,2-7H2,1H3. The molecule has 0 spiro atoms. The van der Waals surface area contributed by atoms with Gasteiger partial charge in [-0.3, -0.25) is 4.79 Å².